The van der Waals surface area contributed by atoms with E-state index < -0.39 is 0 Å². The van der Waals surface area contributed by atoms with Crippen molar-refractivity contribution < 1.29 is 19.2 Å². The van der Waals surface area contributed by atoms with Gasteiger partial charge in [0.1, 0.15) is 5.78 Å². The molecule has 2 amide bonds. The van der Waals surface area contributed by atoms with Crippen LogP contribution in [0.2, 0.25) is 0 Å². The van der Waals surface area contributed by atoms with Gasteiger partial charge in [0, 0.05) is 41.9 Å². The fraction of sp³-hybridized carbons (Fsp3) is 0.429. The summed E-state index contributed by atoms with van der Waals surface area (Å²) in [5.74, 6) is 0.158. The van der Waals surface area contributed by atoms with Crippen LogP contribution in [-0.2, 0) is 9.59 Å². The van der Waals surface area contributed by atoms with Crippen molar-refractivity contribution in [1.29, 1.82) is 0 Å². The molecule has 36 heavy (non-hydrogen) atoms. The van der Waals surface area contributed by atoms with E-state index in [0.29, 0.717) is 48.4 Å². The van der Waals surface area contributed by atoms with Crippen molar-refractivity contribution in [1.82, 2.24) is 5.32 Å². The molecule has 2 rings (SSSR count). The van der Waals surface area contributed by atoms with E-state index in [1.165, 1.54) is 6.92 Å². The molecular formula is C28H40N4O4. The molecule has 0 spiro atoms. The molecule has 0 bridgehead atoms. The average Bonchev–Trinajstić information content (AvgIpc) is 2.84. The molecule has 2 aromatic rings. The van der Waals surface area contributed by atoms with Gasteiger partial charge < -0.3 is 26.9 Å². The Balaban J connectivity index is 0.000000362. The van der Waals surface area contributed by atoms with Gasteiger partial charge in [0.2, 0.25) is 5.91 Å². The second kappa shape index (κ2) is 17.8. The molecule has 0 unspecified atom stereocenters. The number of benzene rings is 2. The molecule has 0 fully saturated rings. The predicted molar refractivity (Wildman–Crippen MR) is 145 cm³/mol. The maximum Gasteiger partial charge on any atom is 0.251 e. The summed E-state index contributed by atoms with van der Waals surface area (Å²) in [6, 6.07) is 13.8. The highest BCUT2D eigenvalue weighted by Gasteiger charge is 2.05. The van der Waals surface area contributed by atoms with Crippen LogP contribution in [0, 0.1) is 0 Å². The minimum absolute atomic E-state index is 0.0193. The summed E-state index contributed by atoms with van der Waals surface area (Å²) >= 11 is 0. The standard InChI is InChI=1S/C15H22N2O2.C13H18N2O2/c1-12(18)7-4-2-3-5-10-17-15(19)13-8-6-9-14(16)11-13;1-10(16)11-5-7-12(8-6-11)15-13(17)4-2-3-9-14/h6,8-9,11H,2-5,7,10,16H2,1H3,(H,17,19);5-8H,2-4,9,14H2,1H3,(H,15,17). The van der Waals surface area contributed by atoms with Crippen LogP contribution in [0.3, 0.4) is 0 Å². The number of carbonyl (C=O) groups is 4. The lowest BCUT2D eigenvalue weighted by molar-refractivity contribution is -0.117. The molecule has 0 aliphatic heterocycles. The van der Waals surface area contributed by atoms with Crippen molar-refractivity contribution in [2.24, 2.45) is 5.73 Å². The largest absolute Gasteiger partial charge is 0.399 e. The number of anilines is 2. The summed E-state index contributed by atoms with van der Waals surface area (Å²) in [7, 11) is 0. The van der Waals surface area contributed by atoms with E-state index in [2.05, 4.69) is 10.6 Å². The van der Waals surface area contributed by atoms with Crippen molar-refractivity contribution in [3.8, 4) is 0 Å². The first-order valence-electron chi connectivity index (χ1n) is 12.5. The normalized spacial score (nSPS) is 10.1. The first kappa shape index (κ1) is 30.5. The van der Waals surface area contributed by atoms with Crippen LogP contribution >= 0.6 is 0 Å². The van der Waals surface area contributed by atoms with Gasteiger partial charge in [0.25, 0.3) is 5.91 Å². The summed E-state index contributed by atoms with van der Waals surface area (Å²) in [5, 5.41) is 5.64. The maximum absolute atomic E-state index is 11.8. The number of rotatable bonds is 14. The Bertz CT molecular complexity index is 974. The molecule has 0 aromatic heterocycles. The van der Waals surface area contributed by atoms with E-state index >= 15 is 0 Å². The summed E-state index contributed by atoms with van der Waals surface area (Å²) in [4.78, 5) is 45.0. The lowest BCUT2D eigenvalue weighted by Gasteiger charge is -2.05. The summed E-state index contributed by atoms with van der Waals surface area (Å²) in [6.45, 7) is 4.40. The van der Waals surface area contributed by atoms with Crippen LogP contribution in [0.25, 0.3) is 0 Å². The molecule has 0 aliphatic rings. The lowest BCUT2D eigenvalue weighted by atomic mass is 10.1. The first-order chi connectivity index (χ1) is 17.2. The van der Waals surface area contributed by atoms with Crippen LogP contribution in [0.4, 0.5) is 11.4 Å². The summed E-state index contributed by atoms with van der Waals surface area (Å²) in [6.07, 6.45) is 6.74. The zero-order chi connectivity index (χ0) is 26.8. The number of nitrogens with one attached hydrogen (secondary N) is 2. The van der Waals surface area contributed by atoms with Crippen LogP contribution in [-0.4, -0.2) is 36.5 Å². The Morgan fingerprint density at radius 2 is 1.44 bits per heavy atom. The number of Topliss-reactive ketones (excluding diaryl/α,β-unsaturated/α-hetero) is 2. The molecule has 8 heteroatoms. The third-order valence-electron chi connectivity index (χ3n) is 5.32. The minimum atomic E-state index is -0.0870. The lowest BCUT2D eigenvalue weighted by Crippen LogP contribution is -2.24. The zero-order valence-electron chi connectivity index (χ0n) is 21.5. The third kappa shape index (κ3) is 14.0. The van der Waals surface area contributed by atoms with Gasteiger partial charge in [-0.25, -0.2) is 0 Å². The maximum atomic E-state index is 11.8. The van der Waals surface area contributed by atoms with E-state index in [9.17, 15) is 19.2 Å². The second-order valence-electron chi connectivity index (χ2n) is 8.68. The van der Waals surface area contributed by atoms with E-state index in [4.69, 9.17) is 11.5 Å². The number of nitrogen functional groups attached to an aromatic ring is 1. The van der Waals surface area contributed by atoms with Gasteiger partial charge in [0.15, 0.2) is 5.78 Å². The van der Waals surface area contributed by atoms with Crippen molar-refractivity contribution in [3.05, 3.63) is 59.7 Å². The number of carbonyl (C=O) groups excluding carboxylic acids is 4. The number of hydrogen-bond donors (Lipinski definition) is 4. The van der Waals surface area contributed by atoms with Crippen LogP contribution < -0.4 is 22.1 Å². The smallest absolute Gasteiger partial charge is 0.251 e. The highest BCUT2D eigenvalue weighted by Crippen LogP contribution is 2.11. The summed E-state index contributed by atoms with van der Waals surface area (Å²) < 4.78 is 0. The van der Waals surface area contributed by atoms with E-state index in [1.54, 1.807) is 55.5 Å². The fourth-order valence-electron chi connectivity index (χ4n) is 3.28. The van der Waals surface area contributed by atoms with Gasteiger partial charge in [-0.05, 0) is 88.5 Å². The van der Waals surface area contributed by atoms with Crippen molar-refractivity contribution in [2.75, 3.05) is 24.1 Å². The average molecular weight is 497 g/mol. The molecule has 8 nitrogen and oxygen atoms in total. The molecule has 0 atom stereocenters. The molecule has 2 aromatic carbocycles. The quantitative estimate of drug-likeness (QED) is 0.172. The Morgan fingerprint density at radius 1 is 0.778 bits per heavy atom. The molecule has 6 N–H and O–H groups in total. The second-order valence-corrected chi connectivity index (χ2v) is 8.68. The Labute approximate surface area is 214 Å². The van der Waals surface area contributed by atoms with Crippen molar-refractivity contribution in [3.63, 3.8) is 0 Å². The van der Waals surface area contributed by atoms with Crippen LogP contribution in [0.5, 0.6) is 0 Å². The molecule has 0 aliphatic carbocycles. The van der Waals surface area contributed by atoms with Crippen molar-refractivity contribution in [2.45, 2.75) is 65.2 Å². The monoisotopic (exact) mass is 496 g/mol. The molecule has 0 heterocycles. The van der Waals surface area contributed by atoms with E-state index in [0.717, 1.165) is 38.5 Å². The molecular weight excluding hydrogens is 456 g/mol. The number of amides is 2. The van der Waals surface area contributed by atoms with E-state index in [1.807, 2.05) is 0 Å². The number of unbranched alkanes of at least 4 members (excludes halogenated alkanes) is 4. The summed E-state index contributed by atoms with van der Waals surface area (Å²) in [5.41, 5.74) is 13.5. The van der Waals surface area contributed by atoms with Gasteiger partial charge in [-0.1, -0.05) is 18.9 Å². The van der Waals surface area contributed by atoms with E-state index in [-0.39, 0.29) is 23.4 Å². The Kier molecular flexibility index (Phi) is 15.1. The molecule has 0 saturated heterocycles. The van der Waals surface area contributed by atoms with Crippen molar-refractivity contribution >= 4 is 34.8 Å². The van der Waals surface area contributed by atoms with Gasteiger partial charge in [-0.3, -0.25) is 14.4 Å². The molecule has 0 radical (unpaired) electrons. The minimum Gasteiger partial charge on any atom is -0.399 e. The topological polar surface area (TPSA) is 144 Å². The highest BCUT2D eigenvalue weighted by atomic mass is 16.2. The first-order valence-corrected chi connectivity index (χ1v) is 12.5. The third-order valence-corrected chi connectivity index (χ3v) is 5.32. The number of nitrogens with two attached hydrogens (primary N) is 2. The number of hydrogen-bond acceptors (Lipinski definition) is 6. The highest BCUT2D eigenvalue weighted by molar-refractivity contribution is 5.96. The fourth-order valence-corrected chi connectivity index (χ4v) is 3.28. The van der Waals surface area contributed by atoms with Crippen LogP contribution in [0.15, 0.2) is 48.5 Å². The van der Waals surface area contributed by atoms with Gasteiger partial charge >= 0.3 is 0 Å². The molecule has 196 valence electrons. The molecule has 0 saturated carbocycles. The van der Waals surface area contributed by atoms with Gasteiger partial charge in [-0.15, -0.1) is 0 Å². The van der Waals surface area contributed by atoms with Gasteiger partial charge in [-0.2, -0.15) is 0 Å². The van der Waals surface area contributed by atoms with Crippen LogP contribution in [0.1, 0.15) is 85.9 Å². The predicted octanol–water partition coefficient (Wildman–Crippen LogP) is 4.49. The Morgan fingerprint density at radius 3 is 2.06 bits per heavy atom. The zero-order valence-corrected chi connectivity index (χ0v) is 21.5. The Hall–Kier alpha value is -3.52. The SMILES string of the molecule is CC(=O)CCCCCCNC(=O)c1cccc(N)c1.CC(=O)c1ccc(NC(=O)CCCCN)cc1. The van der Waals surface area contributed by atoms with Gasteiger partial charge in [0.05, 0.1) is 0 Å². The number of ketones is 2.